The molecule has 0 fully saturated rings. The van der Waals surface area contributed by atoms with Gasteiger partial charge in [0.2, 0.25) is 0 Å². The van der Waals surface area contributed by atoms with E-state index in [-0.39, 0.29) is 25.8 Å². The molecule has 0 saturated carbocycles. The summed E-state index contributed by atoms with van der Waals surface area (Å²) in [5, 5.41) is 1.99. The van der Waals surface area contributed by atoms with Gasteiger partial charge in [-0.15, -0.1) is 0 Å². The van der Waals surface area contributed by atoms with Gasteiger partial charge in [-0.05, 0) is 0 Å². The summed E-state index contributed by atoms with van der Waals surface area (Å²) in [6.07, 6.45) is 0. The molecule has 0 heterocycles. The number of hydrogen-bond acceptors (Lipinski definition) is 6. The second-order valence-corrected chi connectivity index (χ2v) is 10.5. The normalized spacial score (nSPS) is 11.4. The van der Waals surface area contributed by atoms with Crippen molar-refractivity contribution in [3.63, 3.8) is 0 Å². The molecular weight excluding hydrogens is 523 g/mol. The minimum Gasteiger partial charge on any atom is -0.382 e. The largest absolute Gasteiger partial charge is 0.468 e. The Balaban J connectivity index is 0.000000443. The maximum absolute atomic E-state index is 5.28. The van der Waals surface area contributed by atoms with Crippen LogP contribution in [-0.4, -0.2) is 60.3 Å². The van der Waals surface area contributed by atoms with Crippen LogP contribution in [0.1, 0.15) is 0 Å². The van der Waals surface area contributed by atoms with E-state index in [4.69, 9.17) is 26.6 Å². The van der Waals surface area contributed by atoms with Crippen LogP contribution in [0.3, 0.4) is 0 Å². The molecule has 25 heavy (non-hydrogen) atoms. The molecule has 0 spiro atoms. The Morgan fingerprint density at radius 3 is 0.840 bits per heavy atom. The van der Waals surface area contributed by atoms with E-state index in [0.29, 0.717) is 0 Å². The van der Waals surface area contributed by atoms with Crippen molar-refractivity contribution < 1.29 is 52.4 Å². The van der Waals surface area contributed by atoms with Crippen molar-refractivity contribution in [2.45, 2.75) is 0 Å². The summed E-state index contributed by atoms with van der Waals surface area (Å²) in [6.45, 7) is 0. The average Bonchev–Trinajstić information content (AvgIpc) is 3.34. The van der Waals surface area contributed by atoms with Crippen molar-refractivity contribution in [1.29, 1.82) is 0 Å². The Bertz CT molecular complexity index is 472. The third-order valence-electron chi connectivity index (χ3n) is 3.64. The van der Waals surface area contributed by atoms with Crippen LogP contribution in [0, 0.1) is 0 Å². The summed E-state index contributed by atoms with van der Waals surface area (Å²) in [5.74, 6) is 0. The van der Waals surface area contributed by atoms with Crippen molar-refractivity contribution in [1.82, 2.24) is 0 Å². The van der Waals surface area contributed by atoms with Crippen LogP contribution in [0.4, 0.5) is 0 Å². The van der Waals surface area contributed by atoms with Gasteiger partial charge in [-0.3, -0.25) is 0 Å². The van der Waals surface area contributed by atoms with Gasteiger partial charge in [0.1, 0.15) is 0 Å². The Morgan fingerprint density at radius 1 is 0.480 bits per heavy atom. The molecule has 0 radical (unpaired) electrons. The smallest absolute Gasteiger partial charge is 0.382 e. The molecule has 0 N–H and O–H groups in total. The van der Waals surface area contributed by atoms with E-state index in [0.717, 1.165) is 10.4 Å². The molecule has 9 heteroatoms. The first-order chi connectivity index (χ1) is 11.6. The summed E-state index contributed by atoms with van der Waals surface area (Å²) in [6, 6.07) is 15.5. The van der Waals surface area contributed by atoms with Crippen molar-refractivity contribution in [3.05, 3.63) is 48.5 Å². The fourth-order valence-electron chi connectivity index (χ4n) is 2.36. The second-order valence-electron chi connectivity index (χ2n) is 4.68. The van der Waals surface area contributed by atoms with E-state index in [2.05, 4.69) is 0 Å². The maximum atomic E-state index is 5.28. The Kier molecular flexibility index (Phi) is 12.1. The van der Waals surface area contributed by atoms with Gasteiger partial charge in [0.25, 0.3) is 0 Å². The fourth-order valence-corrected chi connectivity index (χ4v) is 5.98. The molecule has 0 atom stereocenters. The summed E-state index contributed by atoms with van der Waals surface area (Å²) in [4.78, 5) is 0. The first-order valence-corrected chi connectivity index (χ1v) is 10.8. The van der Waals surface area contributed by atoms with Crippen LogP contribution in [-0.2, 0) is 52.4 Å². The topological polar surface area (TPSA) is 55.4 Å². The van der Waals surface area contributed by atoms with E-state index in [9.17, 15) is 0 Å². The Labute approximate surface area is 171 Å². The van der Waals surface area contributed by atoms with Gasteiger partial charge in [-0.2, -0.15) is 24.3 Å². The molecule has 140 valence electrons. The molecule has 0 unspecified atom stereocenters. The summed E-state index contributed by atoms with van der Waals surface area (Å²) in [7, 11) is 4.54. The first-order valence-electron chi connectivity index (χ1n) is 7.33. The SMILES string of the molecule is CO[Si](OC)(OC)[c-]1cccc1.CO[Si](OC)(OC)[c-]1cccc1.[Hf]. The fraction of sp³-hybridized carbons (Fsp3) is 0.375. The third-order valence-corrected chi connectivity index (χ3v) is 8.95. The van der Waals surface area contributed by atoms with Crippen LogP contribution >= 0.6 is 0 Å². The van der Waals surface area contributed by atoms with Gasteiger partial charge in [0.05, 0.1) is 0 Å². The number of hydrogen-bond donors (Lipinski definition) is 0. The minimum atomic E-state index is -2.54. The maximum Gasteiger partial charge on any atom is 0.468 e. The van der Waals surface area contributed by atoms with E-state index in [1.54, 1.807) is 42.7 Å². The van der Waals surface area contributed by atoms with E-state index in [1.165, 1.54) is 0 Å². The third kappa shape index (κ3) is 5.88. The van der Waals surface area contributed by atoms with Gasteiger partial charge in [-0.25, -0.2) is 24.3 Å². The van der Waals surface area contributed by atoms with Crippen molar-refractivity contribution in [2.24, 2.45) is 0 Å². The molecule has 0 saturated heterocycles. The second kappa shape index (κ2) is 12.2. The molecule has 2 rings (SSSR count). The zero-order valence-corrected chi connectivity index (χ0v) is 21.2. The molecule has 0 aliphatic carbocycles. The molecule has 2 aromatic carbocycles. The molecule has 0 bridgehead atoms. The zero-order valence-electron chi connectivity index (χ0n) is 15.6. The van der Waals surface area contributed by atoms with Crippen LogP contribution in [0.25, 0.3) is 0 Å². The van der Waals surface area contributed by atoms with Crippen LogP contribution in [0.15, 0.2) is 48.5 Å². The predicted octanol–water partition coefficient (Wildman–Crippen LogP) is 0.979. The molecule has 0 aromatic heterocycles. The Morgan fingerprint density at radius 2 is 0.680 bits per heavy atom. The number of rotatable bonds is 8. The van der Waals surface area contributed by atoms with Crippen molar-refractivity contribution in [2.75, 3.05) is 42.7 Å². The van der Waals surface area contributed by atoms with Gasteiger partial charge in [-0.1, -0.05) is 10.4 Å². The van der Waals surface area contributed by atoms with Gasteiger partial charge in [0, 0.05) is 68.5 Å². The van der Waals surface area contributed by atoms with Crippen LogP contribution < -0.4 is 10.4 Å². The van der Waals surface area contributed by atoms with Gasteiger partial charge < -0.3 is 26.6 Å². The van der Waals surface area contributed by atoms with Gasteiger partial charge in [0.15, 0.2) is 0 Å². The van der Waals surface area contributed by atoms with E-state index < -0.39 is 17.6 Å². The van der Waals surface area contributed by atoms with Crippen molar-refractivity contribution in [3.8, 4) is 0 Å². The molecule has 0 aliphatic heterocycles. The first kappa shape index (κ1) is 24.8. The van der Waals surface area contributed by atoms with Gasteiger partial charge >= 0.3 is 17.6 Å². The monoisotopic (exact) mass is 550 g/mol. The average molecular weight is 549 g/mol. The minimum absolute atomic E-state index is 0. The summed E-state index contributed by atoms with van der Waals surface area (Å²) in [5.41, 5.74) is 0. The molecule has 0 amide bonds. The van der Waals surface area contributed by atoms with E-state index in [1.807, 2.05) is 48.5 Å². The summed E-state index contributed by atoms with van der Waals surface area (Å²) >= 11 is 0. The quantitative estimate of drug-likeness (QED) is 0.362. The molecule has 6 nitrogen and oxygen atoms in total. The predicted molar refractivity (Wildman–Crippen MR) is 96.9 cm³/mol. The Hall–Kier alpha value is -0.236. The summed E-state index contributed by atoms with van der Waals surface area (Å²) < 4.78 is 31.7. The van der Waals surface area contributed by atoms with Crippen LogP contribution in [0.5, 0.6) is 0 Å². The molecular formula is C16H26HfO6Si2-2. The molecule has 2 aromatic rings. The zero-order chi connectivity index (χ0) is 18.1. The standard InChI is InChI=1S/2C8H13O3Si.Hf/c2*1-9-12(10-2,11-3)8-6-4-5-7-8;/h2*4-7H,1-3H3;/q2*-1;. The van der Waals surface area contributed by atoms with Crippen LogP contribution in [0.2, 0.25) is 0 Å². The van der Waals surface area contributed by atoms with E-state index >= 15 is 0 Å². The van der Waals surface area contributed by atoms with Crippen molar-refractivity contribution >= 4 is 28.0 Å². The molecule has 0 aliphatic rings.